The van der Waals surface area contributed by atoms with Crippen LogP contribution in [0, 0.1) is 0 Å². The Balaban J connectivity index is 1.21. The SMILES string of the molecule is O=C(CCC(=O)N1CCOc2ccccc21)N1CCN(C(=O)NC2CCCCC2)CC1. The summed E-state index contributed by atoms with van der Waals surface area (Å²) in [6.07, 6.45) is 6.11. The molecule has 0 aromatic heterocycles. The maximum absolute atomic E-state index is 12.7. The molecule has 8 heteroatoms. The number of nitrogens with one attached hydrogen (secondary N) is 1. The van der Waals surface area contributed by atoms with Gasteiger partial charge >= 0.3 is 6.03 Å². The molecule has 3 aliphatic rings. The molecule has 0 spiro atoms. The third-order valence-electron chi connectivity index (χ3n) is 6.43. The van der Waals surface area contributed by atoms with E-state index in [-0.39, 0.29) is 36.7 Å². The first-order chi connectivity index (χ1) is 15.1. The van der Waals surface area contributed by atoms with Crippen molar-refractivity contribution in [2.45, 2.75) is 51.0 Å². The average molecular weight is 429 g/mol. The van der Waals surface area contributed by atoms with Gasteiger partial charge in [0.1, 0.15) is 12.4 Å². The zero-order valence-corrected chi connectivity index (χ0v) is 18.1. The predicted molar refractivity (Wildman–Crippen MR) is 117 cm³/mol. The third kappa shape index (κ3) is 5.29. The Morgan fingerprint density at radius 1 is 0.871 bits per heavy atom. The molecular weight excluding hydrogens is 396 g/mol. The Morgan fingerprint density at radius 2 is 1.55 bits per heavy atom. The molecule has 1 aliphatic carbocycles. The molecule has 0 atom stereocenters. The molecule has 2 fully saturated rings. The summed E-state index contributed by atoms with van der Waals surface area (Å²) in [4.78, 5) is 43.1. The van der Waals surface area contributed by atoms with Gasteiger partial charge in [-0.25, -0.2) is 4.79 Å². The Bertz CT molecular complexity index is 801. The van der Waals surface area contributed by atoms with Gasteiger partial charge in [-0.3, -0.25) is 9.59 Å². The zero-order valence-electron chi connectivity index (χ0n) is 18.1. The summed E-state index contributed by atoms with van der Waals surface area (Å²) in [6.45, 7) is 3.07. The van der Waals surface area contributed by atoms with E-state index in [4.69, 9.17) is 4.74 Å². The van der Waals surface area contributed by atoms with Crippen LogP contribution in [0.2, 0.25) is 0 Å². The van der Waals surface area contributed by atoms with E-state index in [0.29, 0.717) is 45.1 Å². The number of rotatable bonds is 4. The highest BCUT2D eigenvalue weighted by molar-refractivity contribution is 5.97. The molecule has 0 unspecified atom stereocenters. The van der Waals surface area contributed by atoms with Crippen LogP contribution < -0.4 is 15.0 Å². The van der Waals surface area contributed by atoms with Crippen LogP contribution in [0.1, 0.15) is 44.9 Å². The number of amides is 4. The van der Waals surface area contributed by atoms with Crippen molar-refractivity contribution in [1.82, 2.24) is 15.1 Å². The Morgan fingerprint density at radius 3 is 2.32 bits per heavy atom. The van der Waals surface area contributed by atoms with E-state index < -0.39 is 0 Å². The number of benzene rings is 1. The summed E-state index contributed by atoms with van der Waals surface area (Å²) in [5.41, 5.74) is 0.767. The molecule has 1 aromatic carbocycles. The van der Waals surface area contributed by atoms with Crippen LogP contribution in [0.15, 0.2) is 24.3 Å². The lowest BCUT2D eigenvalue weighted by Gasteiger charge is -2.36. The second kappa shape index (κ2) is 10.0. The van der Waals surface area contributed by atoms with E-state index in [1.54, 1.807) is 14.7 Å². The fourth-order valence-electron chi connectivity index (χ4n) is 4.61. The monoisotopic (exact) mass is 428 g/mol. The summed E-state index contributed by atoms with van der Waals surface area (Å²) in [6, 6.07) is 7.75. The van der Waals surface area contributed by atoms with E-state index in [2.05, 4.69) is 5.32 Å². The molecular formula is C23H32N4O4. The van der Waals surface area contributed by atoms with E-state index in [9.17, 15) is 14.4 Å². The van der Waals surface area contributed by atoms with Gasteiger partial charge in [-0.1, -0.05) is 31.4 Å². The lowest BCUT2D eigenvalue weighted by Crippen LogP contribution is -2.54. The molecule has 31 heavy (non-hydrogen) atoms. The smallest absolute Gasteiger partial charge is 0.317 e. The van der Waals surface area contributed by atoms with Crippen LogP contribution in [0.3, 0.4) is 0 Å². The second-order valence-corrected chi connectivity index (χ2v) is 8.51. The van der Waals surface area contributed by atoms with Gasteiger partial charge in [0, 0.05) is 45.1 Å². The number of nitrogens with zero attached hydrogens (tertiary/aromatic N) is 3. The molecule has 0 bridgehead atoms. The van der Waals surface area contributed by atoms with E-state index in [1.165, 1.54) is 19.3 Å². The fourth-order valence-corrected chi connectivity index (χ4v) is 4.61. The highest BCUT2D eigenvalue weighted by Gasteiger charge is 2.28. The van der Waals surface area contributed by atoms with Crippen molar-refractivity contribution < 1.29 is 19.1 Å². The van der Waals surface area contributed by atoms with Gasteiger partial charge in [0.15, 0.2) is 0 Å². The molecule has 4 amide bonds. The van der Waals surface area contributed by atoms with Gasteiger partial charge in [0.25, 0.3) is 0 Å². The van der Waals surface area contributed by atoms with Gasteiger partial charge in [0.05, 0.1) is 12.2 Å². The third-order valence-corrected chi connectivity index (χ3v) is 6.43. The fraction of sp³-hybridized carbons (Fsp3) is 0.609. The maximum atomic E-state index is 12.7. The van der Waals surface area contributed by atoms with Crippen molar-refractivity contribution in [3.8, 4) is 5.75 Å². The minimum absolute atomic E-state index is 0.0137. The lowest BCUT2D eigenvalue weighted by molar-refractivity contribution is -0.134. The first kappa shape index (κ1) is 21.5. The number of piperazine rings is 1. The summed E-state index contributed by atoms with van der Waals surface area (Å²) >= 11 is 0. The number of hydrogen-bond donors (Lipinski definition) is 1. The maximum Gasteiger partial charge on any atom is 0.317 e. The molecule has 1 N–H and O–H groups in total. The molecule has 168 valence electrons. The van der Waals surface area contributed by atoms with E-state index >= 15 is 0 Å². The van der Waals surface area contributed by atoms with Gasteiger partial charge in [0.2, 0.25) is 11.8 Å². The number of ether oxygens (including phenoxy) is 1. The van der Waals surface area contributed by atoms with Crippen molar-refractivity contribution in [2.24, 2.45) is 0 Å². The highest BCUT2D eigenvalue weighted by atomic mass is 16.5. The number of hydrogen-bond acceptors (Lipinski definition) is 4. The van der Waals surface area contributed by atoms with Crippen molar-refractivity contribution in [1.29, 1.82) is 0 Å². The Hall–Kier alpha value is -2.77. The highest BCUT2D eigenvalue weighted by Crippen LogP contribution is 2.31. The average Bonchev–Trinajstić information content (AvgIpc) is 2.82. The molecule has 4 rings (SSSR count). The van der Waals surface area contributed by atoms with E-state index in [1.807, 2.05) is 24.3 Å². The van der Waals surface area contributed by atoms with Gasteiger partial charge < -0.3 is 24.8 Å². The van der Waals surface area contributed by atoms with Crippen molar-refractivity contribution >= 4 is 23.5 Å². The van der Waals surface area contributed by atoms with Crippen LogP contribution in [-0.2, 0) is 9.59 Å². The molecule has 1 saturated carbocycles. The zero-order chi connectivity index (χ0) is 21.6. The van der Waals surface area contributed by atoms with Crippen LogP contribution in [0.4, 0.5) is 10.5 Å². The quantitative estimate of drug-likeness (QED) is 0.798. The number of carbonyl (C=O) groups excluding carboxylic acids is 3. The topological polar surface area (TPSA) is 82.2 Å². The van der Waals surface area contributed by atoms with Crippen molar-refractivity contribution in [2.75, 3.05) is 44.2 Å². The van der Waals surface area contributed by atoms with Crippen LogP contribution in [0.25, 0.3) is 0 Å². The molecule has 1 aromatic rings. The van der Waals surface area contributed by atoms with Crippen molar-refractivity contribution in [3.05, 3.63) is 24.3 Å². The molecule has 8 nitrogen and oxygen atoms in total. The molecule has 1 saturated heterocycles. The summed E-state index contributed by atoms with van der Waals surface area (Å²) in [5.74, 6) is 0.618. The minimum atomic E-state index is -0.0606. The summed E-state index contributed by atoms with van der Waals surface area (Å²) in [7, 11) is 0. The number of anilines is 1. The molecule has 0 radical (unpaired) electrons. The largest absolute Gasteiger partial charge is 0.490 e. The Labute approximate surface area is 183 Å². The normalized spacial score (nSPS) is 19.4. The van der Waals surface area contributed by atoms with E-state index in [0.717, 1.165) is 18.5 Å². The minimum Gasteiger partial charge on any atom is -0.490 e. The Kier molecular flexibility index (Phi) is 6.94. The van der Waals surface area contributed by atoms with Crippen LogP contribution in [0.5, 0.6) is 5.75 Å². The number of fused-ring (bicyclic) bond motifs is 1. The second-order valence-electron chi connectivity index (χ2n) is 8.51. The standard InChI is InChI=1S/C23H32N4O4/c28-21(10-11-22(29)27-16-17-31-20-9-5-4-8-19(20)27)25-12-14-26(15-13-25)23(30)24-18-6-2-1-3-7-18/h4-5,8-9,18H,1-3,6-7,10-17H2,(H,24,30). The molecule has 2 aliphatic heterocycles. The van der Waals surface area contributed by atoms with Gasteiger partial charge in [-0.15, -0.1) is 0 Å². The number of carbonyl (C=O) groups is 3. The number of urea groups is 1. The van der Waals surface area contributed by atoms with Crippen LogP contribution in [-0.4, -0.2) is 73.0 Å². The van der Waals surface area contributed by atoms with Crippen LogP contribution >= 0.6 is 0 Å². The first-order valence-electron chi connectivity index (χ1n) is 11.5. The van der Waals surface area contributed by atoms with Crippen molar-refractivity contribution in [3.63, 3.8) is 0 Å². The number of para-hydroxylation sites is 2. The van der Waals surface area contributed by atoms with Gasteiger partial charge in [-0.2, -0.15) is 0 Å². The molecule has 2 heterocycles. The van der Waals surface area contributed by atoms with Gasteiger partial charge in [-0.05, 0) is 25.0 Å². The lowest BCUT2D eigenvalue weighted by atomic mass is 9.96. The predicted octanol–water partition coefficient (Wildman–Crippen LogP) is 2.38. The first-order valence-corrected chi connectivity index (χ1v) is 11.5. The summed E-state index contributed by atoms with van der Waals surface area (Å²) in [5, 5.41) is 3.14. The summed E-state index contributed by atoms with van der Waals surface area (Å²) < 4.78 is 5.60.